The third-order valence-corrected chi connectivity index (χ3v) is 2.72. The molecule has 5 nitrogen and oxygen atoms in total. The number of nitrogens with one attached hydrogen (secondary N) is 1. The van der Waals surface area contributed by atoms with Crippen LogP contribution in [0, 0.1) is 6.92 Å². The Hall–Kier alpha value is -1.43. The maximum Gasteiger partial charge on any atom is 0.303 e. The van der Waals surface area contributed by atoms with E-state index < -0.39 is 5.97 Å². The van der Waals surface area contributed by atoms with E-state index in [9.17, 15) is 9.59 Å². The van der Waals surface area contributed by atoms with Crippen LogP contribution in [0.15, 0.2) is 5.38 Å². The maximum absolute atomic E-state index is 11.4. The number of thiazole rings is 1. The Morgan fingerprint density at radius 1 is 1.56 bits per heavy atom. The lowest BCUT2D eigenvalue weighted by atomic mass is 10.3. The summed E-state index contributed by atoms with van der Waals surface area (Å²) in [5.74, 6) is -0.958. The summed E-state index contributed by atoms with van der Waals surface area (Å²) in [5, 5.41) is 13.8. The number of carboxylic acids is 1. The van der Waals surface area contributed by atoms with Crippen LogP contribution >= 0.6 is 11.3 Å². The van der Waals surface area contributed by atoms with Crippen LogP contribution in [0.3, 0.4) is 0 Å². The van der Waals surface area contributed by atoms with Gasteiger partial charge >= 0.3 is 5.97 Å². The highest BCUT2D eigenvalue weighted by molar-refractivity contribution is 7.09. The van der Waals surface area contributed by atoms with E-state index in [-0.39, 0.29) is 18.7 Å². The second kappa shape index (κ2) is 6.22. The lowest BCUT2D eigenvalue weighted by Crippen LogP contribution is -2.26. The highest BCUT2D eigenvalue weighted by Crippen LogP contribution is 2.08. The van der Waals surface area contributed by atoms with Crippen molar-refractivity contribution in [2.24, 2.45) is 0 Å². The van der Waals surface area contributed by atoms with Crippen LogP contribution in [0.25, 0.3) is 0 Å². The number of aryl methyl sites for hydroxylation is 1. The molecule has 0 saturated carbocycles. The second-order valence-corrected chi connectivity index (χ2v) is 4.44. The summed E-state index contributed by atoms with van der Waals surface area (Å²) in [6, 6.07) is 0. The van der Waals surface area contributed by atoms with Crippen molar-refractivity contribution in [3.8, 4) is 0 Å². The van der Waals surface area contributed by atoms with Crippen molar-refractivity contribution >= 4 is 23.2 Å². The number of carbonyl (C=O) groups is 2. The van der Waals surface area contributed by atoms with Gasteiger partial charge in [-0.1, -0.05) is 0 Å². The fourth-order valence-electron chi connectivity index (χ4n) is 1.18. The molecule has 0 radical (unpaired) electrons. The van der Waals surface area contributed by atoms with Crippen molar-refractivity contribution < 1.29 is 14.7 Å². The van der Waals surface area contributed by atoms with Crippen LogP contribution in [0.5, 0.6) is 0 Å². The minimum atomic E-state index is -0.843. The molecule has 1 aromatic rings. The lowest BCUT2D eigenvalue weighted by Gasteiger charge is -2.02. The van der Waals surface area contributed by atoms with Crippen LogP contribution in [0.2, 0.25) is 0 Å². The fourth-order valence-corrected chi connectivity index (χ4v) is 1.80. The summed E-state index contributed by atoms with van der Waals surface area (Å²) in [4.78, 5) is 25.8. The topological polar surface area (TPSA) is 79.3 Å². The van der Waals surface area contributed by atoms with Crippen LogP contribution in [-0.4, -0.2) is 28.5 Å². The van der Waals surface area contributed by atoms with E-state index in [1.165, 1.54) is 11.3 Å². The molecule has 1 amide bonds. The molecule has 0 fully saturated rings. The molecule has 1 heterocycles. The first-order valence-electron chi connectivity index (χ1n) is 4.97. The van der Waals surface area contributed by atoms with E-state index in [1.54, 1.807) is 0 Å². The number of aliphatic carboxylic acids is 1. The monoisotopic (exact) mass is 242 g/mol. The van der Waals surface area contributed by atoms with Gasteiger partial charge in [0.05, 0.1) is 17.1 Å². The van der Waals surface area contributed by atoms with Crippen molar-refractivity contribution in [3.63, 3.8) is 0 Å². The summed E-state index contributed by atoms with van der Waals surface area (Å²) in [7, 11) is 0. The second-order valence-electron chi connectivity index (χ2n) is 3.38. The van der Waals surface area contributed by atoms with E-state index in [0.29, 0.717) is 13.0 Å². The van der Waals surface area contributed by atoms with Gasteiger partial charge in [-0.15, -0.1) is 11.3 Å². The number of nitrogens with zero attached hydrogens (tertiary/aromatic N) is 1. The number of amides is 1. The minimum absolute atomic E-state index is 0.0795. The van der Waals surface area contributed by atoms with Gasteiger partial charge < -0.3 is 10.4 Å². The summed E-state index contributed by atoms with van der Waals surface area (Å²) >= 11 is 1.51. The van der Waals surface area contributed by atoms with Gasteiger partial charge in [0.15, 0.2) is 0 Å². The Morgan fingerprint density at radius 3 is 2.88 bits per heavy atom. The number of hydrogen-bond acceptors (Lipinski definition) is 4. The van der Waals surface area contributed by atoms with Crippen molar-refractivity contribution in [1.82, 2.24) is 10.3 Å². The molecule has 0 bridgehead atoms. The van der Waals surface area contributed by atoms with Crippen LogP contribution < -0.4 is 5.32 Å². The summed E-state index contributed by atoms with van der Waals surface area (Å²) in [6.45, 7) is 2.28. The Morgan fingerprint density at radius 2 is 2.31 bits per heavy atom. The molecule has 1 rings (SSSR count). The molecule has 0 aliphatic carbocycles. The van der Waals surface area contributed by atoms with E-state index in [4.69, 9.17) is 5.11 Å². The van der Waals surface area contributed by atoms with Crippen molar-refractivity contribution in [3.05, 3.63) is 16.1 Å². The number of rotatable bonds is 6. The molecule has 2 N–H and O–H groups in total. The Labute approximate surface area is 97.5 Å². The number of aromatic nitrogens is 1. The van der Waals surface area contributed by atoms with Gasteiger partial charge in [0.25, 0.3) is 0 Å². The lowest BCUT2D eigenvalue weighted by molar-refractivity contribution is -0.137. The number of hydrogen-bond donors (Lipinski definition) is 2. The highest BCUT2D eigenvalue weighted by Gasteiger charge is 2.05. The molecule has 0 saturated heterocycles. The van der Waals surface area contributed by atoms with Gasteiger partial charge in [-0.25, -0.2) is 4.98 Å². The minimum Gasteiger partial charge on any atom is -0.481 e. The van der Waals surface area contributed by atoms with Crippen molar-refractivity contribution in [1.29, 1.82) is 0 Å². The largest absolute Gasteiger partial charge is 0.481 e. The van der Waals surface area contributed by atoms with Crippen molar-refractivity contribution in [2.75, 3.05) is 6.54 Å². The molecule has 16 heavy (non-hydrogen) atoms. The zero-order valence-corrected chi connectivity index (χ0v) is 9.84. The first-order valence-corrected chi connectivity index (χ1v) is 5.85. The third-order valence-electron chi connectivity index (χ3n) is 1.90. The zero-order chi connectivity index (χ0) is 12.0. The van der Waals surface area contributed by atoms with Crippen LogP contribution in [0.4, 0.5) is 0 Å². The van der Waals surface area contributed by atoms with Crippen molar-refractivity contribution in [2.45, 2.75) is 26.2 Å². The highest BCUT2D eigenvalue weighted by atomic mass is 32.1. The average Bonchev–Trinajstić information content (AvgIpc) is 2.58. The summed E-state index contributed by atoms with van der Waals surface area (Å²) in [6.07, 6.45) is 0.796. The molecule has 1 aromatic heterocycles. The molecule has 0 aliphatic heterocycles. The Kier molecular flexibility index (Phi) is 4.91. The van der Waals surface area contributed by atoms with Gasteiger partial charge in [0.2, 0.25) is 5.91 Å². The molecule has 0 spiro atoms. The van der Waals surface area contributed by atoms with Gasteiger partial charge in [0.1, 0.15) is 0 Å². The van der Waals surface area contributed by atoms with E-state index in [1.807, 2.05) is 12.3 Å². The van der Waals surface area contributed by atoms with Gasteiger partial charge in [-0.3, -0.25) is 9.59 Å². The summed E-state index contributed by atoms with van der Waals surface area (Å²) in [5.41, 5.74) is 0.762. The van der Waals surface area contributed by atoms with Crippen LogP contribution in [-0.2, 0) is 16.0 Å². The summed E-state index contributed by atoms with van der Waals surface area (Å²) < 4.78 is 0. The fraction of sp³-hybridized carbons (Fsp3) is 0.500. The van der Waals surface area contributed by atoms with E-state index in [0.717, 1.165) is 10.7 Å². The van der Waals surface area contributed by atoms with E-state index >= 15 is 0 Å². The molecular weight excluding hydrogens is 228 g/mol. The molecule has 0 aromatic carbocycles. The van der Waals surface area contributed by atoms with Crippen LogP contribution in [0.1, 0.15) is 23.5 Å². The molecule has 6 heteroatoms. The van der Waals surface area contributed by atoms with Gasteiger partial charge in [-0.2, -0.15) is 0 Å². The SMILES string of the molecule is Cc1nc(CC(=O)NCCCC(=O)O)cs1. The molecule has 0 aliphatic rings. The smallest absolute Gasteiger partial charge is 0.303 e. The normalized spacial score (nSPS) is 10.1. The number of carbonyl (C=O) groups excluding carboxylic acids is 1. The first-order chi connectivity index (χ1) is 7.58. The Balaban J connectivity index is 2.18. The quantitative estimate of drug-likeness (QED) is 0.729. The molecule has 0 atom stereocenters. The average molecular weight is 242 g/mol. The molecular formula is C10H14N2O3S. The zero-order valence-electron chi connectivity index (χ0n) is 9.02. The maximum atomic E-state index is 11.4. The van der Waals surface area contributed by atoms with E-state index in [2.05, 4.69) is 10.3 Å². The standard InChI is InChI=1S/C10H14N2O3S/c1-7-12-8(6-16-7)5-9(13)11-4-2-3-10(14)15/h6H,2-5H2,1H3,(H,11,13)(H,14,15). The number of carboxylic acid groups (broad SMARTS) is 1. The molecule has 0 unspecified atom stereocenters. The molecule has 88 valence electrons. The predicted octanol–water partition coefficient (Wildman–Crippen LogP) is 0.975. The first kappa shape index (κ1) is 12.6. The van der Waals surface area contributed by atoms with Gasteiger partial charge in [-0.05, 0) is 13.3 Å². The van der Waals surface area contributed by atoms with Gasteiger partial charge in [0, 0.05) is 18.3 Å². The third kappa shape index (κ3) is 4.88. The Bertz CT molecular complexity index is 376. The predicted molar refractivity (Wildman–Crippen MR) is 60.4 cm³/mol.